The summed E-state index contributed by atoms with van der Waals surface area (Å²) in [5.74, 6) is 0.818. The van der Waals surface area contributed by atoms with Crippen molar-refractivity contribution in [2.24, 2.45) is 0 Å². The van der Waals surface area contributed by atoms with Crippen molar-refractivity contribution in [1.29, 1.82) is 0 Å². The molecule has 6 heteroatoms. The standard InChI is InChI=1S/C15H13Br2NO3/c1-20-12-7-10(16)13(21-2)6-9(12)15(19)8-4-3-5-11(18)14(8)17/h3-7H,18H2,1-2H3. The summed E-state index contributed by atoms with van der Waals surface area (Å²) in [6, 6.07) is 8.50. The van der Waals surface area contributed by atoms with Crippen LogP contribution in [0.25, 0.3) is 0 Å². The van der Waals surface area contributed by atoms with E-state index in [1.807, 2.05) is 0 Å². The molecule has 0 heterocycles. The Hall–Kier alpha value is -1.53. The molecule has 0 fully saturated rings. The van der Waals surface area contributed by atoms with Gasteiger partial charge in [-0.15, -0.1) is 0 Å². The number of ether oxygens (including phenoxy) is 2. The second kappa shape index (κ2) is 6.49. The number of nitrogens with two attached hydrogens (primary N) is 1. The lowest BCUT2D eigenvalue weighted by Gasteiger charge is -2.13. The first-order valence-electron chi connectivity index (χ1n) is 5.99. The van der Waals surface area contributed by atoms with E-state index < -0.39 is 0 Å². The normalized spacial score (nSPS) is 10.3. The molecule has 0 saturated carbocycles. The maximum atomic E-state index is 12.7. The molecule has 21 heavy (non-hydrogen) atoms. The van der Waals surface area contributed by atoms with Gasteiger partial charge >= 0.3 is 0 Å². The molecule has 0 saturated heterocycles. The summed E-state index contributed by atoms with van der Waals surface area (Å²) in [5.41, 5.74) is 7.20. The number of carbonyl (C=O) groups excluding carboxylic acids is 1. The van der Waals surface area contributed by atoms with Gasteiger partial charge in [-0.1, -0.05) is 6.07 Å². The Morgan fingerprint density at radius 3 is 2.33 bits per heavy atom. The second-order valence-corrected chi connectivity index (χ2v) is 5.87. The molecule has 2 aromatic rings. The van der Waals surface area contributed by atoms with E-state index in [9.17, 15) is 4.79 Å². The van der Waals surface area contributed by atoms with Crippen LogP contribution < -0.4 is 15.2 Å². The van der Waals surface area contributed by atoms with E-state index in [1.165, 1.54) is 14.2 Å². The SMILES string of the molecule is COc1cc(C(=O)c2cccc(N)c2Br)c(OC)cc1Br. The Labute approximate surface area is 139 Å². The number of rotatable bonds is 4. The molecule has 110 valence electrons. The summed E-state index contributed by atoms with van der Waals surface area (Å²) in [6.45, 7) is 0. The van der Waals surface area contributed by atoms with E-state index in [2.05, 4.69) is 31.9 Å². The van der Waals surface area contributed by atoms with Crippen LogP contribution in [0.3, 0.4) is 0 Å². The van der Waals surface area contributed by atoms with Crippen molar-refractivity contribution in [2.75, 3.05) is 20.0 Å². The summed E-state index contributed by atoms with van der Waals surface area (Å²) in [7, 11) is 3.05. The monoisotopic (exact) mass is 413 g/mol. The van der Waals surface area contributed by atoms with Crippen LogP contribution in [0.2, 0.25) is 0 Å². The van der Waals surface area contributed by atoms with Gasteiger partial charge in [0.05, 0.1) is 28.7 Å². The summed E-state index contributed by atoms with van der Waals surface area (Å²) in [5, 5.41) is 0. The molecular weight excluding hydrogens is 402 g/mol. The molecule has 0 aromatic heterocycles. The first-order chi connectivity index (χ1) is 9.99. The van der Waals surface area contributed by atoms with Crippen LogP contribution >= 0.6 is 31.9 Å². The maximum Gasteiger partial charge on any atom is 0.198 e. The van der Waals surface area contributed by atoms with Crippen LogP contribution in [0, 0.1) is 0 Å². The van der Waals surface area contributed by atoms with Gasteiger partial charge < -0.3 is 15.2 Å². The number of halogens is 2. The average molecular weight is 415 g/mol. The molecule has 0 aliphatic carbocycles. The maximum absolute atomic E-state index is 12.7. The molecule has 0 radical (unpaired) electrons. The molecule has 0 spiro atoms. The number of hydrogen-bond donors (Lipinski definition) is 1. The van der Waals surface area contributed by atoms with Gasteiger partial charge in [-0.05, 0) is 56.1 Å². The number of hydrogen-bond acceptors (Lipinski definition) is 4. The number of carbonyl (C=O) groups is 1. The zero-order valence-electron chi connectivity index (χ0n) is 11.4. The van der Waals surface area contributed by atoms with Gasteiger partial charge in [-0.2, -0.15) is 0 Å². The van der Waals surface area contributed by atoms with Crippen molar-refractivity contribution < 1.29 is 14.3 Å². The van der Waals surface area contributed by atoms with E-state index in [1.54, 1.807) is 30.3 Å². The molecule has 0 aliphatic rings. The quantitative estimate of drug-likeness (QED) is 0.605. The van der Waals surface area contributed by atoms with E-state index in [-0.39, 0.29) is 5.78 Å². The minimum atomic E-state index is -0.197. The van der Waals surface area contributed by atoms with Crippen molar-refractivity contribution in [2.45, 2.75) is 0 Å². The van der Waals surface area contributed by atoms with Crippen molar-refractivity contribution in [3.63, 3.8) is 0 Å². The molecule has 0 atom stereocenters. The van der Waals surface area contributed by atoms with Gasteiger partial charge in [0, 0.05) is 11.3 Å². The molecule has 2 N–H and O–H groups in total. The van der Waals surface area contributed by atoms with Crippen molar-refractivity contribution in [3.8, 4) is 11.5 Å². The fraction of sp³-hybridized carbons (Fsp3) is 0.133. The number of nitrogen functional groups attached to an aromatic ring is 1. The predicted octanol–water partition coefficient (Wildman–Crippen LogP) is 4.04. The Morgan fingerprint density at radius 2 is 1.71 bits per heavy atom. The molecule has 0 aliphatic heterocycles. The lowest BCUT2D eigenvalue weighted by Crippen LogP contribution is -2.07. The Balaban J connectivity index is 2.60. The average Bonchev–Trinajstić information content (AvgIpc) is 2.49. The van der Waals surface area contributed by atoms with Gasteiger partial charge in [0.2, 0.25) is 0 Å². The zero-order valence-corrected chi connectivity index (χ0v) is 14.6. The van der Waals surface area contributed by atoms with Crippen LogP contribution in [0.4, 0.5) is 5.69 Å². The highest BCUT2D eigenvalue weighted by Gasteiger charge is 2.20. The lowest BCUT2D eigenvalue weighted by molar-refractivity contribution is 0.103. The van der Waals surface area contributed by atoms with Gasteiger partial charge in [0.1, 0.15) is 11.5 Å². The first-order valence-corrected chi connectivity index (χ1v) is 7.58. The predicted molar refractivity (Wildman–Crippen MR) is 89.2 cm³/mol. The van der Waals surface area contributed by atoms with Crippen molar-refractivity contribution in [3.05, 3.63) is 50.4 Å². The Bertz CT molecular complexity index is 702. The molecule has 2 rings (SSSR count). The summed E-state index contributed by atoms with van der Waals surface area (Å²) >= 11 is 6.72. The number of methoxy groups -OCH3 is 2. The largest absolute Gasteiger partial charge is 0.496 e. The van der Waals surface area contributed by atoms with Gasteiger partial charge in [0.25, 0.3) is 0 Å². The second-order valence-electron chi connectivity index (χ2n) is 4.22. The Morgan fingerprint density at radius 1 is 1.05 bits per heavy atom. The topological polar surface area (TPSA) is 61.5 Å². The number of anilines is 1. The molecule has 2 aromatic carbocycles. The first kappa shape index (κ1) is 15.9. The fourth-order valence-corrected chi connectivity index (χ4v) is 2.84. The van der Waals surface area contributed by atoms with Gasteiger partial charge in [-0.25, -0.2) is 0 Å². The van der Waals surface area contributed by atoms with E-state index in [0.717, 1.165) is 0 Å². The van der Waals surface area contributed by atoms with Crippen LogP contribution in [0.5, 0.6) is 11.5 Å². The minimum Gasteiger partial charge on any atom is -0.496 e. The van der Waals surface area contributed by atoms with E-state index in [0.29, 0.717) is 37.3 Å². The third-order valence-electron chi connectivity index (χ3n) is 2.99. The molecule has 0 amide bonds. The van der Waals surface area contributed by atoms with Gasteiger partial charge in [0.15, 0.2) is 5.78 Å². The number of benzene rings is 2. The highest BCUT2D eigenvalue weighted by Crippen LogP contribution is 2.35. The van der Waals surface area contributed by atoms with Crippen LogP contribution in [-0.4, -0.2) is 20.0 Å². The van der Waals surface area contributed by atoms with Crippen LogP contribution in [-0.2, 0) is 0 Å². The minimum absolute atomic E-state index is 0.197. The van der Waals surface area contributed by atoms with E-state index >= 15 is 0 Å². The van der Waals surface area contributed by atoms with E-state index in [4.69, 9.17) is 15.2 Å². The molecule has 0 unspecified atom stereocenters. The highest BCUT2D eigenvalue weighted by molar-refractivity contribution is 9.11. The number of ketones is 1. The zero-order chi connectivity index (χ0) is 15.6. The highest BCUT2D eigenvalue weighted by atomic mass is 79.9. The van der Waals surface area contributed by atoms with Crippen molar-refractivity contribution >= 4 is 43.3 Å². The molecular formula is C15H13Br2NO3. The third-order valence-corrected chi connectivity index (χ3v) is 4.50. The molecule has 0 bridgehead atoms. The fourth-order valence-electron chi connectivity index (χ4n) is 1.91. The smallest absolute Gasteiger partial charge is 0.198 e. The third kappa shape index (κ3) is 3.06. The van der Waals surface area contributed by atoms with Gasteiger partial charge in [-0.3, -0.25) is 4.79 Å². The molecule has 4 nitrogen and oxygen atoms in total. The van der Waals surface area contributed by atoms with Crippen LogP contribution in [0.15, 0.2) is 39.3 Å². The summed E-state index contributed by atoms with van der Waals surface area (Å²) in [6.07, 6.45) is 0. The lowest BCUT2D eigenvalue weighted by atomic mass is 10.0. The summed E-state index contributed by atoms with van der Waals surface area (Å²) < 4.78 is 11.8. The summed E-state index contributed by atoms with van der Waals surface area (Å²) in [4.78, 5) is 12.7. The van der Waals surface area contributed by atoms with Crippen LogP contribution in [0.1, 0.15) is 15.9 Å². The van der Waals surface area contributed by atoms with Crippen molar-refractivity contribution in [1.82, 2.24) is 0 Å². The Kier molecular flexibility index (Phi) is 4.90.